The average Bonchev–Trinajstić information content (AvgIpc) is 2.99. The van der Waals surface area contributed by atoms with Crippen molar-refractivity contribution in [3.63, 3.8) is 0 Å². The van der Waals surface area contributed by atoms with Gasteiger partial charge >= 0.3 is 0 Å². The van der Waals surface area contributed by atoms with Crippen molar-refractivity contribution >= 4 is 5.91 Å². The normalized spacial score (nSPS) is 24.8. The van der Waals surface area contributed by atoms with Gasteiger partial charge in [-0.3, -0.25) is 10.1 Å². The number of benzene rings is 1. The van der Waals surface area contributed by atoms with E-state index in [-0.39, 0.29) is 17.9 Å². The van der Waals surface area contributed by atoms with E-state index in [0.717, 1.165) is 18.9 Å². The van der Waals surface area contributed by atoms with E-state index in [1.54, 1.807) is 4.90 Å². The van der Waals surface area contributed by atoms with Crippen molar-refractivity contribution in [1.82, 2.24) is 10.2 Å². The molecule has 1 saturated heterocycles. The molecule has 1 aromatic carbocycles. The Labute approximate surface area is 123 Å². The number of hydrogen-bond donors (Lipinski definition) is 1. The van der Waals surface area contributed by atoms with Gasteiger partial charge in [0.1, 0.15) is 17.8 Å². The Bertz CT molecular complexity index is 555. The van der Waals surface area contributed by atoms with Crippen LogP contribution in [-0.2, 0) is 4.79 Å². The first-order chi connectivity index (χ1) is 9.98. The van der Waals surface area contributed by atoms with Crippen LogP contribution in [-0.4, -0.2) is 23.9 Å². The van der Waals surface area contributed by atoms with Crippen LogP contribution in [0.1, 0.15) is 44.3 Å². The van der Waals surface area contributed by atoms with Gasteiger partial charge in [-0.15, -0.1) is 0 Å². The smallest absolute Gasteiger partial charge is 0.238 e. The molecule has 5 heteroatoms. The van der Waals surface area contributed by atoms with Crippen molar-refractivity contribution in [3.8, 4) is 0 Å². The summed E-state index contributed by atoms with van der Waals surface area (Å²) in [6.07, 6.45) is 4.06. The van der Waals surface area contributed by atoms with Crippen LogP contribution in [0.15, 0.2) is 18.2 Å². The molecule has 0 spiro atoms. The Morgan fingerprint density at radius 3 is 2.71 bits per heavy atom. The van der Waals surface area contributed by atoms with Crippen LogP contribution < -0.4 is 5.32 Å². The quantitative estimate of drug-likeness (QED) is 0.929. The second-order valence-electron chi connectivity index (χ2n) is 6.49. The predicted molar refractivity (Wildman–Crippen MR) is 75.4 cm³/mol. The minimum atomic E-state index is -0.608. The third kappa shape index (κ3) is 2.79. The summed E-state index contributed by atoms with van der Waals surface area (Å²) >= 11 is 0. The molecule has 1 aliphatic heterocycles. The second kappa shape index (κ2) is 5.37. The number of rotatable bonds is 3. The van der Waals surface area contributed by atoms with Gasteiger partial charge in [0, 0.05) is 18.2 Å². The van der Waals surface area contributed by atoms with Gasteiger partial charge in [0.2, 0.25) is 5.91 Å². The Balaban J connectivity index is 1.85. The first-order valence-corrected chi connectivity index (χ1v) is 7.46. The van der Waals surface area contributed by atoms with Crippen molar-refractivity contribution in [2.45, 2.75) is 38.8 Å². The SMILES string of the molecule is CC1(CN2C(=O)CNC2c2ccc(F)cc2F)CCCC1. The van der Waals surface area contributed by atoms with Crippen molar-refractivity contribution in [1.29, 1.82) is 0 Å². The van der Waals surface area contributed by atoms with Gasteiger partial charge in [-0.2, -0.15) is 0 Å². The van der Waals surface area contributed by atoms with Crippen LogP contribution >= 0.6 is 0 Å². The first kappa shape index (κ1) is 14.4. The molecule has 1 amide bonds. The second-order valence-corrected chi connectivity index (χ2v) is 6.49. The molecule has 2 fully saturated rings. The zero-order chi connectivity index (χ0) is 15.0. The lowest BCUT2D eigenvalue weighted by Crippen LogP contribution is -2.38. The molecule has 0 aromatic heterocycles. The van der Waals surface area contributed by atoms with Crippen LogP contribution in [0, 0.1) is 17.0 Å². The summed E-state index contributed by atoms with van der Waals surface area (Å²) in [6.45, 7) is 3.02. The summed E-state index contributed by atoms with van der Waals surface area (Å²) in [5.41, 5.74) is 0.444. The van der Waals surface area contributed by atoms with Gasteiger partial charge in [-0.25, -0.2) is 8.78 Å². The molecule has 0 radical (unpaired) electrons. The van der Waals surface area contributed by atoms with Gasteiger partial charge in [0.25, 0.3) is 0 Å². The largest absolute Gasteiger partial charge is 0.321 e. The zero-order valence-electron chi connectivity index (χ0n) is 12.2. The fraction of sp³-hybridized carbons (Fsp3) is 0.562. The van der Waals surface area contributed by atoms with E-state index < -0.39 is 17.8 Å². The number of nitrogens with one attached hydrogen (secondary N) is 1. The molecule has 0 bridgehead atoms. The highest BCUT2D eigenvalue weighted by molar-refractivity contribution is 5.81. The topological polar surface area (TPSA) is 32.3 Å². The van der Waals surface area contributed by atoms with Crippen molar-refractivity contribution in [3.05, 3.63) is 35.4 Å². The number of hydrogen-bond acceptors (Lipinski definition) is 2. The molecule has 1 atom stereocenters. The number of carbonyl (C=O) groups is 1. The number of halogens is 2. The van der Waals surface area contributed by atoms with Crippen molar-refractivity contribution in [2.24, 2.45) is 5.41 Å². The number of nitrogens with zero attached hydrogens (tertiary/aromatic N) is 1. The summed E-state index contributed by atoms with van der Waals surface area (Å²) in [4.78, 5) is 13.8. The lowest BCUT2D eigenvalue weighted by Gasteiger charge is -2.33. The Morgan fingerprint density at radius 2 is 2.05 bits per heavy atom. The fourth-order valence-electron chi connectivity index (χ4n) is 3.52. The summed E-state index contributed by atoms with van der Waals surface area (Å²) in [7, 11) is 0. The number of carbonyl (C=O) groups excluding carboxylic acids is 1. The molecule has 3 rings (SSSR count). The number of amides is 1. The molecule has 1 N–H and O–H groups in total. The standard InChI is InChI=1S/C16H20F2N2O/c1-16(6-2-3-7-16)10-20-14(21)9-19-15(20)12-5-4-11(17)8-13(12)18/h4-5,8,15,19H,2-3,6-7,9-10H2,1H3. The van der Waals surface area contributed by atoms with E-state index in [2.05, 4.69) is 12.2 Å². The Hall–Kier alpha value is -1.49. The lowest BCUT2D eigenvalue weighted by atomic mass is 9.88. The van der Waals surface area contributed by atoms with Crippen LogP contribution in [0.2, 0.25) is 0 Å². The summed E-state index contributed by atoms with van der Waals surface area (Å²) in [5, 5.41) is 3.04. The molecule has 3 nitrogen and oxygen atoms in total. The summed E-state index contributed by atoms with van der Waals surface area (Å²) in [6, 6.07) is 3.53. The summed E-state index contributed by atoms with van der Waals surface area (Å²) < 4.78 is 27.0. The minimum absolute atomic E-state index is 0.0168. The van der Waals surface area contributed by atoms with Crippen molar-refractivity contribution in [2.75, 3.05) is 13.1 Å². The van der Waals surface area contributed by atoms with Crippen LogP contribution in [0.4, 0.5) is 8.78 Å². The van der Waals surface area contributed by atoms with E-state index in [9.17, 15) is 13.6 Å². The van der Waals surface area contributed by atoms with E-state index in [1.165, 1.54) is 25.0 Å². The maximum atomic E-state index is 14.0. The minimum Gasteiger partial charge on any atom is -0.321 e. The summed E-state index contributed by atoms with van der Waals surface area (Å²) in [5.74, 6) is -1.23. The predicted octanol–water partition coefficient (Wildman–Crippen LogP) is 2.98. The maximum absolute atomic E-state index is 14.0. The highest BCUT2D eigenvalue weighted by atomic mass is 19.1. The van der Waals surface area contributed by atoms with E-state index >= 15 is 0 Å². The zero-order valence-corrected chi connectivity index (χ0v) is 12.2. The van der Waals surface area contributed by atoms with Crippen LogP contribution in [0.3, 0.4) is 0 Å². The lowest BCUT2D eigenvalue weighted by molar-refractivity contribution is -0.129. The molecule has 1 saturated carbocycles. The highest BCUT2D eigenvalue weighted by Gasteiger charge is 2.39. The van der Waals surface area contributed by atoms with Gasteiger partial charge in [-0.05, 0) is 30.4 Å². The molecule has 1 aromatic rings. The van der Waals surface area contributed by atoms with Gasteiger partial charge < -0.3 is 4.90 Å². The van der Waals surface area contributed by atoms with Crippen LogP contribution in [0.25, 0.3) is 0 Å². The highest BCUT2D eigenvalue weighted by Crippen LogP contribution is 2.40. The molecule has 2 aliphatic rings. The van der Waals surface area contributed by atoms with Gasteiger partial charge in [-0.1, -0.05) is 19.8 Å². The maximum Gasteiger partial charge on any atom is 0.238 e. The Morgan fingerprint density at radius 1 is 1.33 bits per heavy atom. The average molecular weight is 294 g/mol. The van der Waals surface area contributed by atoms with E-state index in [4.69, 9.17) is 0 Å². The molecular formula is C16H20F2N2O. The van der Waals surface area contributed by atoms with Gasteiger partial charge in [0.05, 0.1) is 6.54 Å². The molecule has 21 heavy (non-hydrogen) atoms. The third-order valence-corrected chi connectivity index (χ3v) is 4.70. The van der Waals surface area contributed by atoms with E-state index in [0.29, 0.717) is 12.1 Å². The van der Waals surface area contributed by atoms with Crippen LogP contribution in [0.5, 0.6) is 0 Å². The van der Waals surface area contributed by atoms with Crippen molar-refractivity contribution < 1.29 is 13.6 Å². The molecule has 1 unspecified atom stereocenters. The monoisotopic (exact) mass is 294 g/mol. The Kier molecular flexibility index (Phi) is 3.69. The molecule has 1 aliphatic carbocycles. The van der Waals surface area contributed by atoms with E-state index in [1.807, 2.05) is 0 Å². The fourth-order valence-corrected chi connectivity index (χ4v) is 3.52. The third-order valence-electron chi connectivity index (χ3n) is 4.70. The molecule has 1 heterocycles. The van der Waals surface area contributed by atoms with Gasteiger partial charge in [0.15, 0.2) is 0 Å². The molecular weight excluding hydrogens is 274 g/mol. The molecule has 114 valence electrons. The first-order valence-electron chi connectivity index (χ1n) is 7.46.